The van der Waals surface area contributed by atoms with Crippen LogP contribution in [0, 0.1) is 16.7 Å². The number of nitriles is 1. The molecule has 1 atom stereocenters. The fraction of sp³-hybridized carbons (Fsp3) is 0.333. The summed E-state index contributed by atoms with van der Waals surface area (Å²) in [5, 5.41) is 25.4. The van der Waals surface area contributed by atoms with Crippen LogP contribution >= 0.6 is 0 Å². The van der Waals surface area contributed by atoms with Crippen molar-refractivity contribution in [3.63, 3.8) is 0 Å². The van der Waals surface area contributed by atoms with Crippen molar-refractivity contribution in [2.45, 2.75) is 26.3 Å². The third-order valence-electron chi connectivity index (χ3n) is 6.48. The van der Waals surface area contributed by atoms with Crippen molar-refractivity contribution in [3.05, 3.63) is 48.0 Å². The summed E-state index contributed by atoms with van der Waals surface area (Å²) in [6, 6.07) is 7.48. The average Bonchev–Trinajstić information content (AvgIpc) is 3.34. The molecular formula is C24H25N11O2. The Bertz CT molecular complexity index is 1490. The highest BCUT2D eigenvalue weighted by Gasteiger charge is 2.37. The normalized spacial score (nSPS) is 16.8. The smallest absolute Gasteiger partial charge is 0.316 e. The summed E-state index contributed by atoms with van der Waals surface area (Å²) in [6.45, 7) is 5.66. The van der Waals surface area contributed by atoms with Gasteiger partial charge in [0, 0.05) is 54.8 Å². The lowest BCUT2D eigenvalue weighted by molar-refractivity contribution is 0.1000. The van der Waals surface area contributed by atoms with Crippen molar-refractivity contribution < 1.29 is 9.53 Å². The number of carbonyl (C=O) groups is 1. The molecule has 1 saturated heterocycles. The number of fused-ring (bicyclic) bond motifs is 1. The maximum atomic E-state index is 12.3. The van der Waals surface area contributed by atoms with E-state index in [1.54, 1.807) is 35.1 Å². The van der Waals surface area contributed by atoms with E-state index in [1.807, 2.05) is 6.07 Å². The molecule has 1 fully saturated rings. The van der Waals surface area contributed by atoms with Gasteiger partial charge in [0.25, 0.3) is 5.91 Å². The molecule has 5 heterocycles. The van der Waals surface area contributed by atoms with Crippen LogP contribution in [0.5, 0.6) is 6.01 Å². The molecule has 0 aromatic carbocycles. The van der Waals surface area contributed by atoms with Crippen molar-refractivity contribution in [2.24, 2.45) is 11.1 Å². The van der Waals surface area contributed by atoms with Gasteiger partial charge in [0.1, 0.15) is 11.9 Å². The highest BCUT2D eigenvalue weighted by Crippen LogP contribution is 2.34. The Kier molecular flexibility index (Phi) is 6.00. The first-order chi connectivity index (χ1) is 17.8. The Morgan fingerprint density at radius 1 is 1.22 bits per heavy atom. The van der Waals surface area contributed by atoms with Crippen LogP contribution in [0.4, 0.5) is 11.6 Å². The summed E-state index contributed by atoms with van der Waals surface area (Å²) in [5.41, 5.74) is 7.80. The van der Waals surface area contributed by atoms with Gasteiger partial charge in [-0.05, 0) is 18.6 Å². The van der Waals surface area contributed by atoms with Crippen molar-refractivity contribution in [2.75, 3.05) is 30.4 Å². The Morgan fingerprint density at radius 3 is 2.62 bits per heavy atom. The van der Waals surface area contributed by atoms with Crippen LogP contribution in [0.15, 0.2) is 36.8 Å². The Morgan fingerprint density at radius 2 is 2.00 bits per heavy atom. The van der Waals surface area contributed by atoms with Crippen LogP contribution in [0.1, 0.15) is 36.3 Å². The molecule has 13 nitrogen and oxygen atoms in total. The minimum atomic E-state index is -0.607. The fourth-order valence-corrected chi connectivity index (χ4v) is 4.49. The molecule has 1 aliphatic heterocycles. The van der Waals surface area contributed by atoms with Crippen LogP contribution in [0.25, 0.3) is 16.9 Å². The summed E-state index contributed by atoms with van der Waals surface area (Å²) in [5.74, 6) is 0.584. The number of piperidine rings is 1. The highest BCUT2D eigenvalue weighted by molar-refractivity contribution is 5.97. The molecule has 188 valence electrons. The zero-order valence-electron chi connectivity index (χ0n) is 20.6. The standard InChI is InChI=1S/C24H25N11O2/c1-24(2)13-34(19-5-4-15(9-25)31-32-19)7-6-18(24)30-22-16(21(26)36)12-27-20-8-17(33-35(20)22)14-10-28-23(37-3)29-11-14/h4-5,8,10-12,18,30H,6-7,13H2,1-3H3,(H2,26,36). The molecule has 0 aliphatic carbocycles. The molecule has 1 aliphatic rings. The van der Waals surface area contributed by atoms with Crippen LogP contribution in [0.2, 0.25) is 0 Å². The SMILES string of the molecule is COc1ncc(-c2cc3ncc(C(N)=O)c(NC4CCN(c5ccc(C#N)nn5)CC4(C)C)n3n2)cn1. The number of methoxy groups -OCH3 is 1. The Hall–Kier alpha value is -4.86. The van der Waals surface area contributed by atoms with Crippen LogP contribution in [-0.4, -0.2) is 66.9 Å². The Balaban J connectivity index is 1.45. The van der Waals surface area contributed by atoms with Gasteiger partial charge >= 0.3 is 6.01 Å². The van der Waals surface area contributed by atoms with Crippen molar-refractivity contribution in [1.82, 2.24) is 34.8 Å². The number of nitrogens with two attached hydrogens (primary N) is 1. The number of hydrogen-bond acceptors (Lipinski definition) is 11. The minimum Gasteiger partial charge on any atom is -0.467 e. The van der Waals surface area contributed by atoms with Gasteiger partial charge in [0.2, 0.25) is 0 Å². The number of amides is 1. The van der Waals surface area contributed by atoms with Gasteiger partial charge in [0.15, 0.2) is 17.2 Å². The molecule has 1 amide bonds. The predicted octanol–water partition coefficient (Wildman–Crippen LogP) is 1.67. The maximum Gasteiger partial charge on any atom is 0.316 e. The monoisotopic (exact) mass is 499 g/mol. The third-order valence-corrected chi connectivity index (χ3v) is 6.48. The topological polar surface area (TPSA) is 173 Å². The second kappa shape index (κ2) is 9.30. The summed E-state index contributed by atoms with van der Waals surface area (Å²) in [6.07, 6.45) is 5.43. The molecule has 5 rings (SSSR count). The van der Waals surface area contributed by atoms with Gasteiger partial charge in [-0.15, -0.1) is 10.2 Å². The summed E-state index contributed by atoms with van der Waals surface area (Å²) < 4.78 is 6.62. The van der Waals surface area contributed by atoms with E-state index in [0.29, 0.717) is 41.6 Å². The number of carbonyl (C=O) groups excluding carboxylic acids is 1. The van der Waals surface area contributed by atoms with Gasteiger partial charge in [0.05, 0.1) is 18.4 Å². The number of hydrogen-bond donors (Lipinski definition) is 2. The molecule has 37 heavy (non-hydrogen) atoms. The van der Waals surface area contributed by atoms with Gasteiger partial charge in [-0.2, -0.15) is 14.9 Å². The van der Waals surface area contributed by atoms with Gasteiger partial charge < -0.3 is 20.7 Å². The molecule has 0 saturated carbocycles. The number of nitrogens with one attached hydrogen (secondary N) is 1. The summed E-state index contributed by atoms with van der Waals surface area (Å²) in [7, 11) is 1.50. The largest absolute Gasteiger partial charge is 0.467 e. The molecule has 0 spiro atoms. The highest BCUT2D eigenvalue weighted by atomic mass is 16.5. The van der Waals surface area contributed by atoms with Crippen molar-refractivity contribution in [3.8, 4) is 23.3 Å². The maximum absolute atomic E-state index is 12.3. The van der Waals surface area contributed by atoms with E-state index in [9.17, 15) is 4.79 Å². The lowest BCUT2D eigenvalue weighted by Gasteiger charge is -2.45. The van der Waals surface area contributed by atoms with E-state index in [0.717, 1.165) is 6.42 Å². The van der Waals surface area contributed by atoms with Crippen LogP contribution in [0.3, 0.4) is 0 Å². The van der Waals surface area contributed by atoms with E-state index in [4.69, 9.17) is 15.7 Å². The van der Waals surface area contributed by atoms with E-state index in [1.165, 1.54) is 13.3 Å². The molecule has 3 N–H and O–H groups in total. The summed E-state index contributed by atoms with van der Waals surface area (Å²) in [4.78, 5) is 27.1. The molecule has 0 bridgehead atoms. The number of nitrogens with zero attached hydrogens (tertiary/aromatic N) is 9. The number of rotatable bonds is 6. The van der Waals surface area contributed by atoms with E-state index in [2.05, 4.69) is 54.3 Å². The first kappa shape index (κ1) is 23.9. The minimum absolute atomic E-state index is 0.0178. The van der Waals surface area contributed by atoms with E-state index < -0.39 is 5.91 Å². The average molecular weight is 500 g/mol. The van der Waals surface area contributed by atoms with Gasteiger partial charge in [-0.3, -0.25) is 4.79 Å². The number of aromatic nitrogens is 7. The molecule has 4 aromatic rings. The van der Waals surface area contributed by atoms with Crippen LogP contribution in [-0.2, 0) is 0 Å². The zero-order valence-corrected chi connectivity index (χ0v) is 20.6. The second-order valence-corrected chi connectivity index (χ2v) is 9.43. The third kappa shape index (κ3) is 4.56. The zero-order chi connectivity index (χ0) is 26.2. The van der Waals surface area contributed by atoms with Crippen LogP contribution < -0.4 is 20.7 Å². The predicted molar refractivity (Wildman–Crippen MR) is 134 cm³/mol. The molecule has 4 aromatic heterocycles. The fourth-order valence-electron chi connectivity index (χ4n) is 4.49. The molecule has 0 radical (unpaired) electrons. The number of anilines is 2. The van der Waals surface area contributed by atoms with Crippen molar-refractivity contribution in [1.29, 1.82) is 5.26 Å². The summed E-state index contributed by atoms with van der Waals surface area (Å²) >= 11 is 0. The molecule has 13 heteroatoms. The van der Waals surface area contributed by atoms with Gasteiger partial charge in [-0.25, -0.2) is 15.0 Å². The lowest BCUT2D eigenvalue weighted by Crippen LogP contribution is -2.52. The van der Waals surface area contributed by atoms with E-state index >= 15 is 0 Å². The quantitative estimate of drug-likeness (QED) is 0.395. The first-order valence-corrected chi connectivity index (χ1v) is 11.6. The first-order valence-electron chi connectivity index (χ1n) is 11.6. The van der Waals surface area contributed by atoms with E-state index in [-0.39, 0.29) is 28.7 Å². The lowest BCUT2D eigenvalue weighted by atomic mass is 9.79. The molecule has 1 unspecified atom stereocenters. The second-order valence-electron chi connectivity index (χ2n) is 9.43. The number of primary amides is 1. The Labute approximate surface area is 212 Å². The van der Waals surface area contributed by atoms with Gasteiger partial charge in [-0.1, -0.05) is 13.8 Å². The van der Waals surface area contributed by atoms with Crippen molar-refractivity contribution >= 4 is 23.2 Å². The molecular weight excluding hydrogens is 474 g/mol. The number of ether oxygens (including phenoxy) is 1.